The number of fused-ring (bicyclic) bond motifs is 1. The quantitative estimate of drug-likeness (QED) is 0.316. The number of hydrogen-bond donors (Lipinski definition) is 2. The number of benzene rings is 1. The molecule has 1 aromatic carbocycles. The second-order valence-electron chi connectivity index (χ2n) is 5.86. The molecule has 0 fully saturated rings. The number of alkyl halides is 1. The normalized spacial score (nSPS) is 10.7. The summed E-state index contributed by atoms with van der Waals surface area (Å²) in [4.78, 5) is 25.1. The fourth-order valence-electron chi connectivity index (χ4n) is 2.53. The minimum atomic E-state index is -0.255. The summed E-state index contributed by atoms with van der Waals surface area (Å²) in [7, 11) is 0. The number of nitrogens with one attached hydrogen (secondary N) is 2. The molecule has 3 rings (SSSR count). The number of amides is 2. The molecule has 0 atom stereocenters. The lowest BCUT2D eigenvalue weighted by atomic mass is 10.1. The molecule has 3 aromatic rings. The van der Waals surface area contributed by atoms with Crippen molar-refractivity contribution in [1.29, 1.82) is 0 Å². The van der Waals surface area contributed by atoms with Crippen LogP contribution >= 0.6 is 22.6 Å². The first kappa shape index (κ1) is 18.5. The highest BCUT2D eigenvalue weighted by Gasteiger charge is 2.06. The monoisotopic (exact) mass is 461 g/mol. The number of hydrogen-bond acceptors (Lipinski definition) is 4. The maximum Gasteiger partial charge on any atom is 0.320 e. The number of nitrogens with zero attached hydrogens (tertiary/aromatic N) is 3. The van der Waals surface area contributed by atoms with Gasteiger partial charge in [-0.15, -0.1) is 0 Å². The average Bonchev–Trinajstić information content (AvgIpc) is 2.68. The zero-order chi connectivity index (χ0) is 18.2. The number of aromatic nitrogens is 3. The average molecular weight is 461 g/mol. The van der Waals surface area contributed by atoms with Gasteiger partial charge in [-0.2, -0.15) is 0 Å². The molecule has 134 valence electrons. The van der Waals surface area contributed by atoms with Gasteiger partial charge in [0.05, 0.1) is 11.9 Å². The Morgan fingerprint density at radius 1 is 1.04 bits per heavy atom. The van der Waals surface area contributed by atoms with Crippen LogP contribution in [0.2, 0.25) is 0 Å². The van der Waals surface area contributed by atoms with Crippen LogP contribution in [0.25, 0.3) is 11.2 Å². The number of carbonyl (C=O) groups is 1. The molecule has 2 aromatic heterocycles. The summed E-state index contributed by atoms with van der Waals surface area (Å²) in [5.41, 5.74) is 3.44. The fraction of sp³-hybridized carbons (Fsp3) is 0.263. The van der Waals surface area contributed by atoms with Crippen molar-refractivity contribution in [3.05, 3.63) is 59.9 Å². The Balaban J connectivity index is 1.45. The van der Waals surface area contributed by atoms with Crippen LogP contribution < -0.4 is 10.6 Å². The molecule has 2 N–H and O–H groups in total. The molecule has 0 spiro atoms. The second kappa shape index (κ2) is 9.42. The van der Waals surface area contributed by atoms with Gasteiger partial charge in [0.2, 0.25) is 0 Å². The molecule has 0 unspecified atom stereocenters. The zero-order valence-electron chi connectivity index (χ0n) is 14.3. The van der Waals surface area contributed by atoms with Crippen molar-refractivity contribution in [2.75, 3.05) is 11.9 Å². The molecule has 0 aliphatic rings. The number of anilines is 1. The highest BCUT2D eigenvalue weighted by atomic mass is 127. The molecular weight excluding hydrogens is 441 g/mol. The van der Waals surface area contributed by atoms with E-state index >= 15 is 0 Å². The molecule has 26 heavy (non-hydrogen) atoms. The number of aryl methyl sites for hydroxylation is 1. The van der Waals surface area contributed by atoms with Crippen LogP contribution in [-0.2, 0) is 10.8 Å². The first-order valence-corrected chi connectivity index (χ1v) is 10.0. The molecule has 0 saturated carbocycles. The van der Waals surface area contributed by atoms with Crippen molar-refractivity contribution >= 4 is 45.6 Å². The Kier molecular flexibility index (Phi) is 6.70. The van der Waals surface area contributed by atoms with Crippen molar-refractivity contribution in [2.45, 2.75) is 23.7 Å². The molecule has 0 radical (unpaired) electrons. The third-order valence-corrected chi connectivity index (χ3v) is 4.64. The standard InChI is InChI=1S/C19H20IN5O/c20-12-15-13-22-16-9-10-17(24-18(16)23-15)25-19(26)21-11-5-4-8-14-6-2-1-3-7-14/h1-3,6-7,9-10,13H,4-5,8,11-12H2,(H2,21,23,24,25,26). The second-order valence-corrected chi connectivity index (χ2v) is 6.62. The molecule has 2 amide bonds. The molecule has 7 heteroatoms. The SMILES string of the molecule is O=C(NCCCCc1ccccc1)Nc1ccc2ncc(CI)nc2n1. The van der Waals surface area contributed by atoms with Gasteiger partial charge in [-0.05, 0) is 37.0 Å². The first-order valence-electron chi connectivity index (χ1n) is 8.52. The molecule has 2 heterocycles. The smallest absolute Gasteiger partial charge is 0.320 e. The van der Waals surface area contributed by atoms with E-state index in [4.69, 9.17) is 0 Å². The first-order chi connectivity index (χ1) is 12.7. The van der Waals surface area contributed by atoms with Crippen LogP contribution in [0.5, 0.6) is 0 Å². The van der Waals surface area contributed by atoms with Crippen LogP contribution in [0.15, 0.2) is 48.7 Å². The van der Waals surface area contributed by atoms with Gasteiger partial charge in [-0.1, -0.05) is 52.9 Å². The van der Waals surface area contributed by atoms with E-state index in [0.717, 1.165) is 29.4 Å². The molecule has 0 bridgehead atoms. The summed E-state index contributed by atoms with van der Waals surface area (Å²) in [5.74, 6) is 0.471. The van der Waals surface area contributed by atoms with Gasteiger partial charge in [0.25, 0.3) is 0 Å². The molecule has 0 saturated heterocycles. The lowest BCUT2D eigenvalue weighted by molar-refractivity contribution is 0.252. The van der Waals surface area contributed by atoms with Gasteiger partial charge in [-0.25, -0.2) is 14.8 Å². The lowest BCUT2D eigenvalue weighted by Gasteiger charge is -2.08. The van der Waals surface area contributed by atoms with Crippen LogP contribution in [0, 0.1) is 0 Å². The Morgan fingerprint density at radius 3 is 2.69 bits per heavy atom. The largest absolute Gasteiger partial charge is 0.338 e. The lowest BCUT2D eigenvalue weighted by Crippen LogP contribution is -2.29. The number of urea groups is 1. The van der Waals surface area contributed by atoms with E-state index in [2.05, 4.69) is 60.3 Å². The minimum Gasteiger partial charge on any atom is -0.338 e. The van der Waals surface area contributed by atoms with Crippen LogP contribution in [-0.4, -0.2) is 27.5 Å². The van der Waals surface area contributed by atoms with E-state index in [1.807, 2.05) is 24.3 Å². The Hall–Kier alpha value is -2.29. The number of carbonyl (C=O) groups excluding carboxylic acids is 1. The third kappa shape index (κ3) is 5.35. The van der Waals surface area contributed by atoms with Gasteiger partial charge < -0.3 is 5.32 Å². The number of halogens is 1. The molecule has 0 aliphatic carbocycles. The van der Waals surface area contributed by atoms with Crippen LogP contribution in [0.1, 0.15) is 24.1 Å². The molecule has 0 aliphatic heterocycles. The van der Waals surface area contributed by atoms with Crippen molar-refractivity contribution in [1.82, 2.24) is 20.3 Å². The molecular formula is C19H20IN5O. The summed E-state index contributed by atoms with van der Waals surface area (Å²) in [6, 6.07) is 13.6. The van der Waals surface area contributed by atoms with E-state index in [1.165, 1.54) is 5.56 Å². The number of rotatable bonds is 7. The Morgan fingerprint density at radius 2 is 1.88 bits per heavy atom. The summed E-state index contributed by atoms with van der Waals surface area (Å²) in [5, 5.41) is 5.61. The van der Waals surface area contributed by atoms with Crippen molar-refractivity contribution in [3.8, 4) is 0 Å². The van der Waals surface area contributed by atoms with Gasteiger partial charge in [-0.3, -0.25) is 10.3 Å². The van der Waals surface area contributed by atoms with Gasteiger partial charge in [0.15, 0.2) is 5.65 Å². The zero-order valence-corrected chi connectivity index (χ0v) is 16.4. The van der Waals surface area contributed by atoms with E-state index < -0.39 is 0 Å². The summed E-state index contributed by atoms with van der Waals surface area (Å²) in [6.07, 6.45) is 4.73. The topological polar surface area (TPSA) is 79.8 Å². The highest BCUT2D eigenvalue weighted by Crippen LogP contribution is 2.13. The van der Waals surface area contributed by atoms with E-state index in [9.17, 15) is 4.79 Å². The summed E-state index contributed by atoms with van der Waals surface area (Å²) >= 11 is 2.23. The van der Waals surface area contributed by atoms with Crippen molar-refractivity contribution in [2.24, 2.45) is 0 Å². The summed E-state index contributed by atoms with van der Waals surface area (Å²) < 4.78 is 0.767. The minimum absolute atomic E-state index is 0.255. The maximum absolute atomic E-state index is 12.0. The number of pyridine rings is 1. The highest BCUT2D eigenvalue weighted by molar-refractivity contribution is 14.1. The Labute approximate surface area is 166 Å². The van der Waals surface area contributed by atoms with Gasteiger partial charge in [0, 0.05) is 11.0 Å². The maximum atomic E-state index is 12.0. The van der Waals surface area contributed by atoms with Gasteiger partial charge in [0.1, 0.15) is 11.3 Å². The summed E-state index contributed by atoms with van der Waals surface area (Å²) in [6.45, 7) is 0.630. The van der Waals surface area contributed by atoms with Crippen molar-refractivity contribution < 1.29 is 4.79 Å². The van der Waals surface area contributed by atoms with Gasteiger partial charge >= 0.3 is 6.03 Å². The third-order valence-electron chi connectivity index (χ3n) is 3.86. The van der Waals surface area contributed by atoms with E-state index in [0.29, 0.717) is 23.5 Å². The van der Waals surface area contributed by atoms with Crippen molar-refractivity contribution in [3.63, 3.8) is 0 Å². The predicted octanol–water partition coefficient (Wildman–Crippen LogP) is 4.10. The van der Waals surface area contributed by atoms with Crippen LogP contribution in [0.3, 0.4) is 0 Å². The molecule has 6 nitrogen and oxygen atoms in total. The van der Waals surface area contributed by atoms with E-state index in [1.54, 1.807) is 12.3 Å². The van der Waals surface area contributed by atoms with E-state index in [-0.39, 0.29) is 6.03 Å². The number of unbranched alkanes of at least 4 members (excludes halogenated alkanes) is 1. The Bertz CT molecular complexity index is 872. The van der Waals surface area contributed by atoms with Crippen LogP contribution in [0.4, 0.5) is 10.6 Å². The fourth-order valence-corrected chi connectivity index (χ4v) is 2.90. The predicted molar refractivity (Wildman–Crippen MR) is 111 cm³/mol.